The Morgan fingerprint density at radius 1 is 1.15 bits per heavy atom. The molecule has 3 heterocycles. The minimum absolute atomic E-state index is 0.0811. The molecule has 3 aromatic rings. The van der Waals surface area contributed by atoms with Crippen LogP contribution in [0.5, 0.6) is 0 Å². The number of hydrogen-bond acceptors (Lipinski definition) is 6. The molecule has 2 aromatic heterocycles. The van der Waals surface area contributed by atoms with Gasteiger partial charge in [-0.15, -0.1) is 10.2 Å². The van der Waals surface area contributed by atoms with Gasteiger partial charge < -0.3 is 14.2 Å². The lowest BCUT2D eigenvalue weighted by molar-refractivity contribution is -0.132. The van der Waals surface area contributed by atoms with Crippen LogP contribution >= 0.6 is 0 Å². The van der Waals surface area contributed by atoms with Gasteiger partial charge in [0.2, 0.25) is 5.89 Å². The van der Waals surface area contributed by atoms with E-state index in [2.05, 4.69) is 15.5 Å². The van der Waals surface area contributed by atoms with Crippen LogP contribution in [0.4, 0.5) is 4.79 Å². The Balaban J connectivity index is 1.43. The molecular weight excluding hydrogens is 336 g/mol. The van der Waals surface area contributed by atoms with Crippen molar-refractivity contribution in [1.29, 1.82) is 0 Å². The van der Waals surface area contributed by atoms with Crippen LogP contribution in [-0.2, 0) is 23.3 Å². The summed E-state index contributed by atoms with van der Waals surface area (Å²) in [5.41, 5.74) is 0.959. The lowest BCUT2D eigenvalue weighted by atomic mass is 9.92. The summed E-state index contributed by atoms with van der Waals surface area (Å²) in [5, 5.41) is 10.7. The van der Waals surface area contributed by atoms with Crippen molar-refractivity contribution in [2.24, 2.45) is 0 Å². The molecule has 1 atom stereocenters. The Bertz CT molecular complexity index is 1010. The van der Waals surface area contributed by atoms with Crippen LogP contribution in [0.3, 0.4) is 0 Å². The molecular formula is C18H14N4O4. The quantitative estimate of drug-likeness (QED) is 0.727. The van der Waals surface area contributed by atoms with E-state index in [9.17, 15) is 9.59 Å². The second-order valence-electron chi connectivity index (χ2n) is 6.36. The number of benzene rings is 1. The highest BCUT2D eigenvalue weighted by Crippen LogP contribution is 2.41. The molecule has 0 saturated carbocycles. The summed E-state index contributed by atoms with van der Waals surface area (Å²) >= 11 is 0. The minimum atomic E-state index is -0.989. The fraction of sp³-hybridized carbons (Fsp3) is 0.222. The zero-order valence-electron chi connectivity index (χ0n) is 13.6. The molecule has 1 saturated heterocycles. The zero-order chi connectivity index (χ0) is 17.7. The van der Waals surface area contributed by atoms with Crippen molar-refractivity contribution in [3.05, 3.63) is 59.7 Å². The highest BCUT2D eigenvalue weighted by atomic mass is 16.4. The van der Waals surface area contributed by atoms with Gasteiger partial charge >= 0.3 is 6.03 Å². The predicted octanol–water partition coefficient (Wildman–Crippen LogP) is 2.22. The van der Waals surface area contributed by atoms with Crippen LogP contribution in [0.1, 0.15) is 23.4 Å². The molecule has 2 aliphatic rings. The van der Waals surface area contributed by atoms with Crippen molar-refractivity contribution in [3.8, 4) is 11.7 Å². The van der Waals surface area contributed by atoms with Crippen molar-refractivity contribution in [1.82, 2.24) is 20.4 Å². The second kappa shape index (κ2) is 5.29. The van der Waals surface area contributed by atoms with E-state index in [0.717, 1.165) is 22.4 Å². The minimum Gasteiger partial charge on any atom is -0.459 e. The van der Waals surface area contributed by atoms with Gasteiger partial charge in [0.25, 0.3) is 11.8 Å². The third-order valence-corrected chi connectivity index (χ3v) is 4.91. The van der Waals surface area contributed by atoms with Crippen LogP contribution in [0, 0.1) is 0 Å². The second-order valence-corrected chi connectivity index (χ2v) is 6.36. The Kier molecular flexibility index (Phi) is 3.03. The number of carbonyl (C=O) groups excluding carboxylic acids is 2. The van der Waals surface area contributed by atoms with Crippen molar-refractivity contribution < 1.29 is 18.4 Å². The number of fused-ring (bicyclic) bond motifs is 2. The summed E-state index contributed by atoms with van der Waals surface area (Å²) in [6, 6.07) is 10.6. The fourth-order valence-corrected chi connectivity index (χ4v) is 3.69. The molecule has 8 heteroatoms. The first-order valence-corrected chi connectivity index (χ1v) is 8.26. The Hall–Kier alpha value is -3.42. The van der Waals surface area contributed by atoms with Gasteiger partial charge in [-0.2, -0.15) is 0 Å². The number of aromatic nitrogens is 2. The highest BCUT2D eigenvalue weighted by Gasteiger charge is 2.55. The number of amides is 3. The first-order chi connectivity index (χ1) is 12.7. The van der Waals surface area contributed by atoms with Gasteiger partial charge in [0.15, 0.2) is 5.76 Å². The van der Waals surface area contributed by atoms with E-state index in [0.29, 0.717) is 12.2 Å². The molecule has 1 aromatic carbocycles. The summed E-state index contributed by atoms with van der Waals surface area (Å²) in [4.78, 5) is 26.7. The van der Waals surface area contributed by atoms with Crippen molar-refractivity contribution in [3.63, 3.8) is 0 Å². The smallest absolute Gasteiger partial charge is 0.325 e. The number of nitrogens with one attached hydrogen (secondary N) is 1. The number of aryl methyl sites for hydroxylation is 1. The molecule has 0 unspecified atom stereocenters. The van der Waals surface area contributed by atoms with Crippen LogP contribution in [0.2, 0.25) is 0 Å². The van der Waals surface area contributed by atoms with Gasteiger partial charge in [0.05, 0.1) is 6.26 Å². The summed E-state index contributed by atoms with van der Waals surface area (Å²) < 4.78 is 10.7. The van der Waals surface area contributed by atoms with Crippen LogP contribution in [0.15, 0.2) is 51.5 Å². The van der Waals surface area contributed by atoms with Crippen molar-refractivity contribution >= 4 is 11.9 Å². The average molecular weight is 350 g/mol. The molecule has 5 rings (SSSR count). The lowest BCUT2D eigenvalue weighted by Crippen LogP contribution is -2.41. The molecule has 8 nitrogen and oxygen atoms in total. The highest BCUT2D eigenvalue weighted by molar-refractivity contribution is 6.07. The maximum absolute atomic E-state index is 13.1. The molecule has 3 amide bonds. The predicted molar refractivity (Wildman–Crippen MR) is 87.5 cm³/mol. The fourth-order valence-electron chi connectivity index (χ4n) is 3.69. The van der Waals surface area contributed by atoms with Crippen molar-refractivity contribution in [2.75, 3.05) is 0 Å². The Labute approximate surface area is 147 Å². The van der Waals surface area contributed by atoms with Gasteiger partial charge in [-0.05, 0) is 36.1 Å². The maximum atomic E-state index is 13.1. The normalized spacial score (nSPS) is 21.5. The Morgan fingerprint density at radius 2 is 2.04 bits per heavy atom. The molecule has 1 aliphatic carbocycles. The van der Waals surface area contributed by atoms with E-state index in [1.165, 1.54) is 6.26 Å². The molecule has 130 valence electrons. The number of urea groups is 1. The zero-order valence-corrected chi connectivity index (χ0v) is 13.6. The third kappa shape index (κ3) is 2.01. The number of furan rings is 1. The topological polar surface area (TPSA) is 101 Å². The summed E-state index contributed by atoms with van der Waals surface area (Å²) in [6.07, 6.45) is 2.80. The van der Waals surface area contributed by atoms with Crippen molar-refractivity contribution in [2.45, 2.75) is 24.9 Å². The van der Waals surface area contributed by atoms with E-state index < -0.39 is 11.6 Å². The van der Waals surface area contributed by atoms with Gasteiger partial charge in [-0.3, -0.25) is 9.69 Å². The third-order valence-electron chi connectivity index (χ3n) is 4.91. The van der Waals surface area contributed by atoms with Crippen LogP contribution < -0.4 is 5.32 Å². The number of hydrogen-bond donors (Lipinski definition) is 1. The molecule has 0 radical (unpaired) electrons. The van der Waals surface area contributed by atoms with Crippen LogP contribution in [-0.4, -0.2) is 27.0 Å². The van der Waals surface area contributed by atoms with Crippen LogP contribution in [0.25, 0.3) is 11.7 Å². The van der Waals surface area contributed by atoms with E-state index in [-0.39, 0.29) is 24.2 Å². The molecule has 0 bridgehead atoms. The first kappa shape index (κ1) is 14.9. The van der Waals surface area contributed by atoms with Gasteiger partial charge in [0.1, 0.15) is 12.1 Å². The molecule has 1 spiro atoms. The number of imide groups is 1. The molecule has 1 aliphatic heterocycles. The summed E-state index contributed by atoms with van der Waals surface area (Å²) in [5.74, 6) is 0.522. The number of rotatable bonds is 3. The van der Waals surface area contributed by atoms with Gasteiger partial charge in [-0.25, -0.2) is 4.79 Å². The largest absolute Gasteiger partial charge is 0.459 e. The molecule has 1 N–H and O–H groups in total. The number of carbonyl (C=O) groups is 2. The van der Waals surface area contributed by atoms with Gasteiger partial charge in [-0.1, -0.05) is 24.3 Å². The van der Waals surface area contributed by atoms with E-state index in [1.54, 1.807) is 12.1 Å². The standard InChI is InChI=1S/C18H14N4O4/c23-16-18(8-7-11-4-1-2-5-12(11)18)19-17(24)22(16)10-14-20-21-15(26-14)13-6-3-9-25-13/h1-6,9H,7-8,10H2,(H,19,24)/t18-/m1/s1. The Morgan fingerprint density at radius 3 is 2.88 bits per heavy atom. The first-order valence-electron chi connectivity index (χ1n) is 8.26. The lowest BCUT2D eigenvalue weighted by Gasteiger charge is -2.21. The number of nitrogens with zero attached hydrogens (tertiary/aromatic N) is 3. The summed E-state index contributed by atoms with van der Waals surface area (Å²) in [7, 11) is 0. The van der Waals surface area contributed by atoms with Gasteiger partial charge in [0, 0.05) is 0 Å². The molecule has 1 fully saturated rings. The van der Waals surface area contributed by atoms with E-state index in [1.807, 2.05) is 24.3 Å². The average Bonchev–Trinajstić information content (AvgIpc) is 3.41. The van der Waals surface area contributed by atoms with E-state index >= 15 is 0 Å². The summed E-state index contributed by atoms with van der Waals surface area (Å²) in [6.45, 7) is -0.0811. The van der Waals surface area contributed by atoms with E-state index in [4.69, 9.17) is 8.83 Å². The maximum Gasteiger partial charge on any atom is 0.325 e. The molecule has 26 heavy (non-hydrogen) atoms. The SMILES string of the molecule is O=C1N[C@@]2(CCc3ccccc32)C(=O)N1Cc1nnc(-c2ccco2)o1. The monoisotopic (exact) mass is 350 g/mol.